The minimum atomic E-state index is 0.586. The van der Waals surface area contributed by atoms with Crippen molar-refractivity contribution in [3.05, 3.63) is 40.4 Å². The molecular formula is C10H9ClOS. The summed E-state index contributed by atoms with van der Waals surface area (Å²) in [6.07, 6.45) is 4.55. The van der Waals surface area contributed by atoms with E-state index < -0.39 is 0 Å². The van der Waals surface area contributed by atoms with Gasteiger partial charge >= 0.3 is 0 Å². The molecule has 3 heteroatoms. The molecule has 0 unspecified atom stereocenters. The fourth-order valence-corrected chi connectivity index (χ4v) is 1.29. The molecule has 1 aromatic carbocycles. The highest BCUT2D eigenvalue weighted by Gasteiger charge is 1.97. The Balaban J connectivity index is 2.98. The SMILES string of the molecule is O=Cc1ccc(C=CCS)c(Cl)c1. The number of hydrogen-bond donors (Lipinski definition) is 1. The molecule has 0 radical (unpaired) electrons. The summed E-state index contributed by atoms with van der Waals surface area (Å²) in [4.78, 5) is 10.4. The lowest BCUT2D eigenvalue weighted by Gasteiger charge is -1.98. The second-order valence-corrected chi connectivity index (χ2v) is 3.26. The molecule has 0 aliphatic rings. The Morgan fingerprint density at radius 3 is 2.77 bits per heavy atom. The molecule has 13 heavy (non-hydrogen) atoms. The average molecular weight is 213 g/mol. The van der Waals surface area contributed by atoms with Crippen LogP contribution in [-0.2, 0) is 0 Å². The van der Waals surface area contributed by atoms with Crippen LogP contribution in [0.2, 0.25) is 5.02 Å². The molecule has 68 valence electrons. The van der Waals surface area contributed by atoms with Gasteiger partial charge in [0.1, 0.15) is 6.29 Å². The smallest absolute Gasteiger partial charge is 0.150 e. The van der Waals surface area contributed by atoms with Crippen molar-refractivity contribution >= 4 is 36.6 Å². The molecule has 0 spiro atoms. The Labute approximate surface area is 87.8 Å². The topological polar surface area (TPSA) is 17.1 Å². The summed E-state index contributed by atoms with van der Waals surface area (Å²) in [6.45, 7) is 0. The van der Waals surface area contributed by atoms with E-state index in [2.05, 4.69) is 12.6 Å². The zero-order chi connectivity index (χ0) is 9.68. The molecule has 0 aromatic heterocycles. The summed E-state index contributed by atoms with van der Waals surface area (Å²) in [5, 5.41) is 0.586. The number of rotatable bonds is 3. The van der Waals surface area contributed by atoms with Gasteiger partial charge < -0.3 is 0 Å². The van der Waals surface area contributed by atoms with Crippen LogP contribution in [-0.4, -0.2) is 12.0 Å². The summed E-state index contributed by atoms with van der Waals surface area (Å²) in [6, 6.07) is 5.19. The first-order valence-electron chi connectivity index (χ1n) is 3.80. The number of carbonyl (C=O) groups is 1. The summed E-state index contributed by atoms with van der Waals surface area (Å²) in [5.41, 5.74) is 1.49. The van der Waals surface area contributed by atoms with Crippen LogP contribution in [0.1, 0.15) is 15.9 Å². The average Bonchev–Trinajstić information content (AvgIpc) is 2.16. The van der Waals surface area contributed by atoms with E-state index in [0.717, 1.165) is 11.8 Å². The Bertz CT molecular complexity index is 334. The lowest BCUT2D eigenvalue weighted by Crippen LogP contribution is -1.81. The molecule has 1 nitrogen and oxygen atoms in total. The van der Waals surface area contributed by atoms with Gasteiger partial charge in [0.05, 0.1) is 0 Å². The Morgan fingerprint density at radius 2 is 2.23 bits per heavy atom. The van der Waals surface area contributed by atoms with Gasteiger partial charge in [-0.2, -0.15) is 12.6 Å². The summed E-state index contributed by atoms with van der Waals surface area (Å²) < 4.78 is 0. The maximum Gasteiger partial charge on any atom is 0.150 e. The van der Waals surface area contributed by atoms with Gasteiger partial charge in [0.15, 0.2) is 0 Å². The fraction of sp³-hybridized carbons (Fsp3) is 0.100. The monoisotopic (exact) mass is 212 g/mol. The van der Waals surface area contributed by atoms with Gasteiger partial charge in [-0.25, -0.2) is 0 Å². The minimum absolute atomic E-state index is 0.586. The highest BCUT2D eigenvalue weighted by molar-refractivity contribution is 7.80. The molecule has 0 saturated carbocycles. The normalized spacial score (nSPS) is 10.6. The Kier molecular flexibility index (Phi) is 4.06. The van der Waals surface area contributed by atoms with Crippen LogP contribution in [0, 0.1) is 0 Å². The number of halogens is 1. The van der Waals surface area contributed by atoms with Gasteiger partial charge in [0, 0.05) is 16.3 Å². The van der Waals surface area contributed by atoms with E-state index in [9.17, 15) is 4.79 Å². The van der Waals surface area contributed by atoms with E-state index >= 15 is 0 Å². The van der Waals surface area contributed by atoms with Crippen molar-refractivity contribution in [2.45, 2.75) is 0 Å². The van der Waals surface area contributed by atoms with Gasteiger partial charge in [-0.3, -0.25) is 4.79 Å². The van der Waals surface area contributed by atoms with E-state index in [-0.39, 0.29) is 0 Å². The molecule has 0 aliphatic heterocycles. The van der Waals surface area contributed by atoms with Gasteiger partial charge in [-0.1, -0.05) is 35.9 Å². The standard InChI is InChI=1S/C10H9ClOS/c11-10-6-8(7-12)3-4-9(10)2-1-5-13/h1-4,6-7,13H,5H2. The highest BCUT2D eigenvalue weighted by Crippen LogP contribution is 2.18. The predicted molar refractivity (Wildman–Crippen MR) is 59.7 cm³/mol. The molecular weight excluding hydrogens is 204 g/mol. The van der Waals surface area contributed by atoms with Crippen LogP contribution >= 0.6 is 24.2 Å². The lowest BCUT2D eigenvalue weighted by atomic mass is 10.1. The molecule has 0 N–H and O–H groups in total. The number of aldehydes is 1. The van der Waals surface area contributed by atoms with Crippen LogP contribution in [0.4, 0.5) is 0 Å². The maximum atomic E-state index is 10.4. The number of benzene rings is 1. The van der Waals surface area contributed by atoms with Crippen molar-refractivity contribution in [3.63, 3.8) is 0 Å². The fourth-order valence-electron chi connectivity index (χ4n) is 0.932. The molecule has 0 amide bonds. The van der Waals surface area contributed by atoms with E-state index in [1.54, 1.807) is 12.1 Å². The third-order valence-corrected chi connectivity index (χ3v) is 2.10. The molecule has 0 fully saturated rings. The van der Waals surface area contributed by atoms with Crippen LogP contribution in [0.15, 0.2) is 24.3 Å². The Morgan fingerprint density at radius 1 is 1.46 bits per heavy atom. The van der Waals surface area contributed by atoms with Gasteiger partial charge in [0.2, 0.25) is 0 Å². The summed E-state index contributed by atoms with van der Waals surface area (Å²) >= 11 is 9.95. The third-order valence-electron chi connectivity index (χ3n) is 1.56. The van der Waals surface area contributed by atoms with Crippen LogP contribution in [0.25, 0.3) is 6.08 Å². The van der Waals surface area contributed by atoms with E-state index in [4.69, 9.17) is 11.6 Å². The maximum absolute atomic E-state index is 10.4. The van der Waals surface area contributed by atoms with Crippen LogP contribution in [0.3, 0.4) is 0 Å². The van der Waals surface area contributed by atoms with Gasteiger partial charge in [-0.15, -0.1) is 0 Å². The molecule has 0 atom stereocenters. The molecule has 1 rings (SSSR count). The van der Waals surface area contributed by atoms with Crippen molar-refractivity contribution in [1.29, 1.82) is 0 Å². The van der Waals surface area contributed by atoms with Crippen molar-refractivity contribution in [1.82, 2.24) is 0 Å². The number of hydrogen-bond acceptors (Lipinski definition) is 2. The van der Waals surface area contributed by atoms with Crippen molar-refractivity contribution in [3.8, 4) is 0 Å². The first-order valence-corrected chi connectivity index (χ1v) is 4.81. The van der Waals surface area contributed by atoms with Crippen molar-refractivity contribution in [2.24, 2.45) is 0 Å². The summed E-state index contributed by atoms with van der Waals surface area (Å²) in [7, 11) is 0. The second kappa shape index (κ2) is 5.10. The highest BCUT2D eigenvalue weighted by atomic mass is 35.5. The molecule has 0 aliphatic carbocycles. The van der Waals surface area contributed by atoms with Crippen molar-refractivity contribution in [2.75, 3.05) is 5.75 Å². The number of thiol groups is 1. The van der Waals surface area contributed by atoms with E-state index in [0.29, 0.717) is 16.3 Å². The van der Waals surface area contributed by atoms with Crippen molar-refractivity contribution < 1.29 is 4.79 Å². The Hall–Kier alpha value is -0.730. The predicted octanol–water partition coefficient (Wildman–Crippen LogP) is 3.10. The zero-order valence-electron chi connectivity index (χ0n) is 6.90. The molecule has 0 heterocycles. The first-order chi connectivity index (χ1) is 6.27. The van der Waals surface area contributed by atoms with E-state index in [1.807, 2.05) is 18.2 Å². The molecule has 1 aromatic rings. The van der Waals surface area contributed by atoms with Gasteiger partial charge in [-0.05, 0) is 11.6 Å². The third kappa shape index (κ3) is 2.90. The van der Waals surface area contributed by atoms with Crippen LogP contribution < -0.4 is 0 Å². The second-order valence-electron chi connectivity index (χ2n) is 2.48. The van der Waals surface area contributed by atoms with E-state index in [1.165, 1.54) is 0 Å². The number of carbonyl (C=O) groups excluding carboxylic acids is 1. The summed E-state index contributed by atoms with van der Waals surface area (Å²) in [5.74, 6) is 0.672. The first kappa shape index (κ1) is 10.4. The lowest BCUT2D eigenvalue weighted by molar-refractivity contribution is 0.112. The largest absolute Gasteiger partial charge is 0.298 e. The zero-order valence-corrected chi connectivity index (χ0v) is 8.55. The van der Waals surface area contributed by atoms with Crippen LogP contribution in [0.5, 0.6) is 0 Å². The molecule has 0 bridgehead atoms. The quantitative estimate of drug-likeness (QED) is 0.602. The van der Waals surface area contributed by atoms with Gasteiger partial charge in [0.25, 0.3) is 0 Å². The minimum Gasteiger partial charge on any atom is -0.298 e. The molecule has 0 saturated heterocycles.